The van der Waals surface area contributed by atoms with Gasteiger partial charge in [-0.15, -0.1) is 0 Å². The highest BCUT2D eigenvalue weighted by molar-refractivity contribution is 7.90. The molecule has 0 bridgehead atoms. The van der Waals surface area contributed by atoms with E-state index in [4.69, 9.17) is 11.6 Å². The summed E-state index contributed by atoms with van der Waals surface area (Å²) in [6.45, 7) is 2.64. The SMILES string of the molecule is CC(=O)NS(=O)(=O)c1ccc(NC(=O)C2CCN(c3cccc(Cl)c3)CC2)cc1. The zero-order valence-corrected chi connectivity index (χ0v) is 17.5. The molecule has 0 aromatic heterocycles. The molecule has 0 unspecified atom stereocenters. The average molecular weight is 436 g/mol. The van der Waals surface area contributed by atoms with Crippen molar-refractivity contribution in [3.8, 4) is 0 Å². The Kier molecular flexibility index (Phi) is 6.44. The number of sulfonamides is 1. The van der Waals surface area contributed by atoms with Crippen LogP contribution in [0.5, 0.6) is 0 Å². The summed E-state index contributed by atoms with van der Waals surface area (Å²) >= 11 is 6.05. The molecule has 1 fully saturated rings. The number of amides is 2. The van der Waals surface area contributed by atoms with Crippen LogP contribution in [0.15, 0.2) is 53.4 Å². The number of nitrogens with zero attached hydrogens (tertiary/aromatic N) is 1. The molecule has 0 saturated carbocycles. The van der Waals surface area contributed by atoms with Gasteiger partial charge in [-0.05, 0) is 55.3 Å². The highest BCUT2D eigenvalue weighted by Crippen LogP contribution is 2.26. The van der Waals surface area contributed by atoms with Crippen molar-refractivity contribution < 1.29 is 18.0 Å². The van der Waals surface area contributed by atoms with Crippen molar-refractivity contribution in [1.29, 1.82) is 0 Å². The average Bonchev–Trinajstić information content (AvgIpc) is 2.67. The largest absolute Gasteiger partial charge is 0.371 e. The fraction of sp³-hybridized carbons (Fsp3) is 0.300. The Hall–Kier alpha value is -2.58. The van der Waals surface area contributed by atoms with Crippen LogP contribution in [-0.2, 0) is 19.6 Å². The van der Waals surface area contributed by atoms with Crippen molar-refractivity contribution in [3.05, 3.63) is 53.6 Å². The number of carbonyl (C=O) groups is 2. The Morgan fingerprint density at radius 1 is 1.07 bits per heavy atom. The number of hydrogen-bond acceptors (Lipinski definition) is 5. The lowest BCUT2D eigenvalue weighted by atomic mass is 9.95. The van der Waals surface area contributed by atoms with Crippen molar-refractivity contribution in [1.82, 2.24) is 4.72 Å². The van der Waals surface area contributed by atoms with Gasteiger partial charge in [-0.1, -0.05) is 17.7 Å². The minimum absolute atomic E-state index is 0.0412. The Labute approximate surface area is 175 Å². The lowest BCUT2D eigenvalue weighted by Gasteiger charge is -2.33. The van der Waals surface area contributed by atoms with E-state index in [2.05, 4.69) is 10.2 Å². The molecular weight excluding hydrogens is 414 g/mol. The number of hydrogen-bond donors (Lipinski definition) is 2. The number of benzene rings is 2. The first-order chi connectivity index (χ1) is 13.7. The first kappa shape index (κ1) is 21.1. The van der Waals surface area contributed by atoms with Crippen LogP contribution in [0.3, 0.4) is 0 Å². The van der Waals surface area contributed by atoms with Crippen LogP contribution >= 0.6 is 11.6 Å². The normalized spacial score (nSPS) is 15.0. The van der Waals surface area contributed by atoms with Gasteiger partial charge in [0.05, 0.1) is 4.90 Å². The molecule has 2 amide bonds. The minimum atomic E-state index is -3.89. The number of anilines is 2. The molecule has 9 heteroatoms. The van der Waals surface area contributed by atoms with E-state index in [1.807, 2.05) is 29.0 Å². The zero-order valence-electron chi connectivity index (χ0n) is 15.9. The summed E-state index contributed by atoms with van der Waals surface area (Å²) < 4.78 is 25.8. The summed E-state index contributed by atoms with van der Waals surface area (Å²) in [6, 6.07) is 13.4. The van der Waals surface area contributed by atoms with E-state index in [0.29, 0.717) is 23.6 Å². The monoisotopic (exact) mass is 435 g/mol. The number of rotatable bonds is 5. The fourth-order valence-electron chi connectivity index (χ4n) is 3.28. The third kappa shape index (κ3) is 5.48. The maximum Gasteiger partial charge on any atom is 0.264 e. The molecule has 1 aliphatic rings. The quantitative estimate of drug-likeness (QED) is 0.752. The first-order valence-corrected chi connectivity index (χ1v) is 11.1. The van der Waals surface area contributed by atoms with Crippen molar-refractivity contribution in [2.24, 2.45) is 5.92 Å². The summed E-state index contributed by atoms with van der Waals surface area (Å²) in [4.78, 5) is 25.7. The molecule has 154 valence electrons. The maximum absolute atomic E-state index is 12.6. The molecule has 1 aliphatic heterocycles. The summed E-state index contributed by atoms with van der Waals surface area (Å²) in [5.74, 6) is -0.868. The number of nitrogens with one attached hydrogen (secondary N) is 2. The van der Waals surface area contributed by atoms with Crippen molar-refractivity contribution in [2.75, 3.05) is 23.3 Å². The lowest BCUT2D eigenvalue weighted by molar-refractivity contribution is -0.120. The molecule has 29 heavy (non-hydrogen) atoms. The Morgan fingerprint density at radius 3 is 2.31 bits per heavy atom. The topological polar surface area (TPSA) is 95.6 Å². The molecule has 2 aromatic carbocycles. The smallest absolute Gasteiger partial charge is 0.264 e. The van der Waals surface area contributed by atoms with Crippen LogP contribution in [0.25, 0.3) is 0 Å². The van der Waals surface area contributed by atoms with Crippen LogP contribution in [-0.4, -0.2) is 33.3 Å². The highest BCUT2D eigenvalue weighted by Gasteiger charge is 2.25. The van der Waals surface area contributed by atoms with Gasteiger partial charge < -0.3 is 10.2 Å². The Bertz CT molecular complexity index is 1000. The fourth-order valence-corrected chi connectivity index (χ4v) is 4.46. The second kappa shape index (κ2) is 8.84. The van der Waals surface area contributed by atoms with Gasteiger partial charge >= 0.3 is 0 Å². The Morgan fingerprint density at radius 2 is 1.72 bits per heavy atom. The summed E-state index contributed by atoms with van der Waals surface area (Å²) in [5, 5.41) is 3.52. The van der Waals surface area contributed by atoms with Crippen LogP contribution in [0.4, 0.5) is 11.4 Å². The van der Waals surface area contributed by atoms with Gasteiger partial charge in [0.2, 0.25) is 11.8 Å². The molecular formula is C20H22ClN3O4S. The van der Waals surface area contributed by atoms with Gasteiger partial charge in [0.1, 0.15) is 0 Å². The highest BCUT2D eigenvalue weighted by atomic mass is 35.5. The molecule has 0 spiro atoms. The van der Waals surface area contributed by atoms with Crippen molar-refractivity contribution in [3.63, 3.8) is 0 Å². The molecule has 3 rings (SSSR count). The third-order valence-electron chi connectivity index (χ3n) is 4.75. The number of carbonyl (C=O) groups excluding carboxylic acids is 2. The van der Waals surface area contributed by atoms with Crippen LogP contribution in [0.1, 0.15) is 19.8 Å². The lowest BCUT2D eigenvalue weighted by Crippen LogP contribution is -2.38. The second-order valence-electron chi connectivity index (χ2n) is 6.92. The van der Waals surface area contributed by atoms with Crippen LogP contribution in [0.2, 0.25) is 5.02 Å². The number of halogens is 1. The van der Waals surface area contributed by atoms with Gasteiger partial charge in [0.15, 0.2) is 0 Å². The van der Waals surface area contributed by atoms with E-state index in [-0.39, 0.29) is 16.7 Å². The molecule has 2 N–H and O–H groups in total. The van der Waals surface area contributed by atoms with Gasteiger partial charge in [-0.25, -0.2) is 13.1 Å². The number of piperidine rings is 1. The van der Waals surface area contributed by atoms with Crippen LogP contribution < -0.4 is 14.9 Å². The summed E-state index contributed by atoms with van der Waals surface area (Å²) in [7, 11) is -3.89. The van der Waals surface area contributed by atoms with Crippen molar-refractivity contribution >= 4 is 44.8 Å². The molecule has 1 heterocycles. The second-order valence-corrected chi connectivity index (χ2v) is 9.04. The van der Waals surface area contributed by atoms with E-state index in [0.717, 1.165) is 25.7 Å². The van der Waals surface area contributed by atoms with E-state index < -0.39 is 15.9 Å². The maximum atomic E-state index is 12.6. The predicted molar refractivity (Wildman–Crippen MR) is 112 cm³/mol. The molecule has 7 nitrogen and oxygen atoms in total. The molecule has 1 saturated heterocycles. The van der Waals surface area contributed by atoms with Crippen LogP contribution in [0, 0.1) is 5.92 Å². The van der Waals surface area contributed by atoms with Gasteiger partial charge in [-0.2, -0.15) is 0 Å². The third-order valence-corrected chi connectivity index (χ3v) is 6.43. The van der Waals surface area contributed by atoms with Gasteiger partial charge in [-0.3, -0.25) is 9.59 Å². The van der Waals surface area contributed by atoms with E-state index >= 15 is 0 Å². The van der Waals surface area contributed by atoms with E-state index in [1.54, 1.807) is 0 Å². The van der Waals surface area contributed by atoms with Gasteiger partial charge in [0, 0.05) is 42.3 Å². The Balaban J connectivity index is 1.56. The molecule has 0 atom stereocenters. The molecule has 2 aromatic rings. The van der Waals surface area contributed by atoms with Crippen molar-refractivity contribution in [2.45, 2.75) is 24.7 Å². The molecule has 0 radical (unpaired) electrons. The summed E-state index contributed by atoms with van der Waals surface area (Å²) in [5.41, 5.74) is 1.56. The van der Waals surface area contributed by atoms with Gasteiger partial charge in [0.25, 0.3) is 10.0 Å². The van der Waals surface area contributed by atoms with E-state index in [1.165, 1.54) is 24.3 Å². The minimum Gasteiger partial charge on any atom is -0.371 e. The zero-order chi connectivity index (χ0) is 21.0. The van der Waals surface area contributed by atoms with E-state index in [9.17, 15) is 18.0 Å². The summed E-state index contributed by atoms with van der Waals surface area (Å²) in [6.07, 6.45) is 1.43. The molecule has 0 aliphatic carbocycles. The standard InChI is InChI=1S/C20H22ClN3O4S/c1-14(25)23-29(27,28)19-7-5-17(6-8-19)22-20(26)15-9-11-24(12-10-15)18-4-2-3-16(21)13-18/h2-8,13,15H,9-12H2,1H3,(H,22,26)(H,23,25). The predicted octanol–water partition coefficient (Wildman–Crippen LogP) is 3.02. The first-order valence-electron chi connectivity index (χ1n) is 9.19.